The zero-order valence-corrected chi connectivity index (χ0v) is 23.1. The molecule has 0 heterocycles. The third-order valence-corrected chi connectivity index (χ3v) is 8.67. The quantitative estimate of drug-likeness (QED) is 0.394. The summed E-state index contributed by atoms with van der Waals surface area (Å²) in [5.41, 5.74) is 0. The first-order valence-corrected chi connectivity index (χ1v) is 14.8. The first kappa shape index (κ1) is 30.0. The number of hydrogen-bond donors (Lipinski definition) is 0. The Hall–Kier alpha value is 0. The van der Waals surface area contributed by atoms with Gasteiger partial charge in [0.2, 0.25) is 0 Å². The van der Waals surface area contributed by atoms with Crippen LogP contribution >= 0.6 is 0 Å². The Bertz CT molecular complexity index is 336. The highest BCUT2D eigenvalue weighted by atomic mass is 14.5. The normalized spacial score (nSPS) is 39.4. The lowest BCUT2D eigenvalue weighted by atomic mass is 9.50. The van der Waals surface area contributed by atoms with E-state index in [2.05, 4.69) is 13.8 Å². The van der Waals surface area contributed by atoms with Crippen molar-refractivity contribution in [3.63, 3.8) is 0 Å². The minimum absolute atomic E-state index is 1.02. The van der Waals surface area contributed by atoms with Crippen LogP contribution in [0.2, 0.25) is 0 Å². The molecule has 0 saturated heterocycles. The fourth-order valence-electron chi connectivity index (χ4n) is 7.72. The van der Waals surface area contributed by atoms with E-state index in [-0.39, 0.29) is 0 Å². The van der Waals surface area contributed by atoms with Crippen molar-refractivity contribution in [2.45, 2.75) is 146 Å². The van der Waals surface area contributed by atoms with Crippen LogP contribution in [0, 0.1) is 47.3 Å². The average Bonchev–Trinajstić information content (AvgIpc) is 2.85. The highest BCUT2D eigenvalue weighted by molar-refractivity contribution is 4.98. The standard InChI is InChI=1S/C22H38.4C2H6/c1-15-11-13-17-7-3-5-9-19(17)21(15)22-16(2)12-14-18-8-4-6-10-20(18)22;4*1-2/h15-22H,3-14H2,1-2H3;4*1-2H3. The van der Waals surface area contributed by atoms with Crippen LogP contribution in [0.4, 0.5) is 0 Å². The second kappa shape index (κ2) is 17.5. The van der Waals surface area contributed by atoms with Crippen molar-refractivity contribution in [3.8, 4) is 0 Å². The molecule has 182 valence electrons. The molecule has 8 unspecified atom stereocenters. The van der Waals surface area contributed by atoms with Gasteiger partial charge in [-0.05, 0) is 73.0 Å². The highest BCUT2D eigenvalue weighted by Gasteiger charge is 2.49. The lowest BCUT2D eigenvalue weighted by molar-refractivity contribution is -0.0603. The Morgan fingerprint density at radius 3 is 1.00 bits per heavy atom. The number of rotatable bonds is 1. The van der Waals surface area contributed by atoms with Gasteiger partial charge in [-0.2, -0.15) is 0 Å². The van der Waals surface area contributed by atoms with Crippen LogP contribution in [0.5, 0.6) is 0 Å². The van der Waals surface area contributed by atoms with Crippen molar-refractivity contribution in [2.24, 2.45) is 47.3 Å². The Kier molecular flexibility index (Phi) is 17.5. The van der Waals surface area contributed by atoms with Crippen LogP contribution in [-0.2, 0) is 0 Å². The molecule has 0 nitrogen and oxygen atoms in total. The Morgan fingerprint density at radius 2 is 0.667 bits per heavy atom. The largest absolute Gasteiger partial charge is 0.0683 e. The molecule has 0 heteroatoms. The molecule has 0 bridgehead atoms. The van der Waals surface area contributed by atoms with Crippen LogP contribution in [0.3, 0.4) is 0 Å². The average molecular weight is 423 g/mol. The summed E-state index contributed by atoms with van der Waals surface area (Å²) in [6.07, 6.45) is 18.7. The molecule has 8 atom stereocenters. The van der Waals surface area contributed by atoms with Crippen molar-refractivity contribution in [1.29, 1.82) is 0 Å². The minimum atomic E-state index is 1.02. The van der Waals surface area contributed by atoms with Gasteiger partial charge in [-0.25, -0.2) is 0 Å². The topological polar surface area (TPSA) is 0 Å². The van der Waals surface area contributed by atoms with E-state index in [0.29, 0.717) is 0 Å². The molecule has 0 N–H and O–H groups in total. The maximum atomic E-state index is 2.63. The van der Waals surface area contributed by atoms with Gasteiger partial charge in [0.25, 0.3) is 0 Å². The summed E-state index contributed by atoms with van der Waals surface area (Å²) in [5.74, 6) is 8.70. The van der Waals surface area contributed by atoms with Gasteiger partial charge in [0.1, 0.15) is 0 Å². The van der Waals surface area contributed by atoms with Crippen LogP contribution < -0.4 is 0 Å². The zero-order valence-electron chi connectivity index (χ0n) is 23.1. The molecule has 4 aliphatic rings. The van der Waals surface area contributed by atoms with Crippen LogP contribution in [0.25, 0.3) is 0 Å². The second-order valence-corrected chi connectivity index (χ2v) is 9.68. The minimum Gasteiger partial charge on any atom is -0.0683 e. The van der Waals surface area contributed by atoms with Crippen molar-refractivity contribution in [3.05, 3.63) is 0 Å². The Balaban J connectivity index is 0.000000948. The van der Waals surface area contributed by atoms with Crippen LogP contribution in [-0.4, -0.2) is 0 Å². The third-order valence-electron chi connectivity index (χ3n) is 8.67. The molecule has 0 aromatic heterocycles. The summed E-state index contributed by atoms with van der Waals surface area (Å²) in [6.45, 7) is 21.3. The molecule has 30 heavy (non-hydrogen) atoms. The van der Waals surface area contributed by atoms with Gasteiger partial charge in [0.05, 0.1) is 0 Å². The smallest absolute Gasteiger partial charge is 0.0324 e. The summed E-state index contributed by atoms with van der Waals surface area (Å²) < 4.78 is 0. The molecule has 0 radical (unpaired) electrons. The van der Waals surface area contributed by atoms with Gasteiger partial charge in [-0.3, -0.25) is 0 Å². The summed E-state index contributed by atoms with van der Waals surface area (Å²) in [7, 11) is 0. The Labute approximate surface area is 193 Å². The Morgan fingerprint density at radius 1 is 0.367 bits per heavy atom. The van der Waals surface area contributed by atoms with Crippen LogP contribution in [0.1, 0.15) is 146 Å². The lowest BCUT2D eigenvalue weighted by Crippen LogP contribution is -2.48. The summed E-state index contributed by atoms with van der Waals surface area (Å²) in [4.78, 5) is 0. The first-order valence-electron chi connectivity index (χ1n) is 14.8. The zero-order chi connectivity index (χ0) is 23.1. The molecule has 0 aliphatic heterocycles. The lowest BCUT2D eigenvalue weighted by Gasteiger charge is -2.55. The second-order valence-electron chi connectivity index (χ2n) is 9.68. The van der Waals surface area contributed by atoms with Crippen molar-refractivity contribution < 1.29 is 0 Å². The van der Waals surface area contributed by atoms with Gasteiger partial charge in [-0.15, -0.1) is 0 Å². The van der Waals surface area contributed by atoms with Crippen molar-refractivity contribution in [2.75, 3.05) is 0 Å². The summed E-state index contributed by atoms with van der Waals surface area (Å²) in [6, 6.07) is 0. The van der Waals surface area contributed by atoms with E-state index in [1.165, 1.54) is 12.8 Å². The maximum absolute atomic E-state index is 2.63. The molecule has 4 rings (SSSR count). The first-order chi connectivity index (χ1) is 14.8. The molecular formula is C30H62. The number of fused-ring (bicyclic) bond motifs is 2. The molecule has 4 aliphatic carbocycles. The van der Waals surface area contributed by atoms with Gasteiger partial charge in [0.15, 0.2) is 0 Å². The summed E-state index contributed by atoms with van der Waals surface area (Å²) >= 11 is 0. The molecule has 0 amide bonds. The maximum Gasteiger partial charge on any atom is -0.0324 e. The van der Waals surface area contributed by atoms with E-state index in [4.69, 9.17) is 0 Å². The fraction of sp³-hybridized carbons (Fsp3) is 1.00. The van der Waals surface area contributed by atoms with E-state index in [0.717, 1.165) is 47.3 Å². The van der Waals surface area contributed by atoms with Gasteiger partial charge in [0, 0.05) is 0 Å². The predicted molar refractivity (Wildman–Crippen MR) is 140 cm³/mol. The van der Waals surface area contributed by atoms with Gasteiger partial charge < -0.3 is 0 Å². The van der Waals surface area contributed by atoms with E-state index < -0.39 is 0 Å². The van der Waals surface area contributed by atoms with Crippen LogP contribution in [0.15, 0.2) is 0 Å². The molecular weight excluding hydrogens is 360 g/mol. The fourth-order valence-corrected chi connectivity index (χ4v) is 7.72. The number of hydrogen-bond acceptors (Lipinski definition) is 0. The SMILES string of the molecule is CC.CC.CC.CC.CC1CCC2CCCCC2C1C1C(C)CCC2CCCCC21. The van der Waals surface area contributed by atoms with Crippen molar-refractivity contribution in [1.82, 2.24) is 0 Å². The molecule has 0 aromatic rings. The molecule has 4 fully saturated rings. The molecule has 0 spiro atoms. The highest BCUT2D eigenvalue weighted by Crippen LogP contribution is 2.57. The van der Waals surface area contributed by atoms with E-state index in [9.17, 15) is 0 Å². The van der Waals surface area contributed by atoms with Gasteiger partial charge in [-0.1, -0.05) is 121 Å². The third kappa shape index (κ3) is 7.55. The van der Waals surface area contributed by atoms with E-state index in [1.54, 1.807) is 64.2 Å². The van der Waals surface area contributed by atoms with Gasteiger partial charge >= 0.3 is 0 Å². The predicted octanol–water partition coefficient (Wildman–Crippen LogP) is 10.8. The van der Waals surface area contributed by atoms with Crippen molar-refractivity contribution >= 4 is 0 Å². The van der Waals surface area contributed by atoms with E-state index >= 15 is 0 Å². The van der Waals surface area contributed by atoms with E-state index in [1.807, 2.05) is 55.4 Å². The summed E-state index contributed by atoms with van der Waals surface area (Å²) in [5, 5.41) is 0. The molecule has 4 saturated carbocycles. The monoisotopic (exact) mass is 422 g/mol. The molecule has 0 aromatic carbocycles.